The van der Waals surface area contributed by atoms with Crippen molar-refractivity contribution in [1.82, 2.24) is 0 Å². The molecule has 0 saturated heterocycles. The van der Waals surface area contributed by atoms with Crippen molar-refractivity contribution in [3.05, 3.63) is 0 Å². The maximum absolute atomic E-state index is 11.3. The van der Waals surface area contributed by atoms with Crippen molar-refractivity contribution in [2.45, 2.75) is 33.8 Å². The smallest absolute Gasteiger partial charge is 0.311 e. The average Bonchev–Trinajstić information content (AvgIpc) is 2.01. The molecule has 0 aliphatic rings. The molecule has 0 rings (SSSR count). The third-order valence-electron chi connectivity index (χ3n) is 1.48. The molecule has 0 aliphatic heterocycles. The molecule has 0 radical (unpaired) electrons. The third-order valence-corrected chi connectivity index (χ3v) is 1.74. The standard InChI is InChI=1S/C9H15ClO3/c1-6(7(11)5-10)13-8(12)9(2,3)4/h6H,5H2,1-4H3. The van der Waals surface area contributed by atoms with Crippen molar-refractivity contribution < 1.29 is 14.3 Å². The minimum absolute atomic E-state index is 0.126. The van der Waals surface area contributed by atoms with Crippen molar-refractivity contribution >= 4 is 23.4 Å². The van der Waals surface area contributed by atoms with Crippen LogP contribution in [0.1, 0.15) is 27.7 Å². The van der Waals surface area contributed by atoms with Crippen molar-refractivity contribution in [3.8, 4) is 0 Å². The Hall–Kier alpha value is -0.570. The van der Waals surface area contributed by atoms with Crippen LogP contribution in [0.2, 0.25) is 0 Å². The highest BCUT2D eigenvalue weighted by atomic mass is 35.5. The lowest BCUT2D eigenvalue weighted by Gasteiger charge is -2.19. The molecule has 1 unspecified atom stereocenters. The SMILES string of the molecule is CC(OC(=O)C(C)(C)C)C(=O)CCl. The van der Waals surface area contributed by atoms with Gasteiger partial charge in [0.1, 0.15) is 0 Å². The summed E-state index contributed by atoms with van der Waals surface area (Å²) >= 11 is 5.30. The highest BCUT2D eigenvalue weighted by Gasteiger charge is 2.26. The first-order chi connectivity index (χ1) is 5.79. The molecule has 0 aromatic rings. The maximum Gasteiger partial charge on any atom is 0.311 e. The Morgan fingerprint density at radius 3 is 2.15 bits per heavy atom. The molecule has 0 heterocycles. The number of rotatable bonds is 3. The fourth-order valence-electron chi connectivity index (χ4n) is 0.512. The topological polar surface area (TPSA) is 43.4 Å². The summed E-state index contributed by atoms with van der Waals surface area (Å²) in [6, 6.07) is 0. The van der Waals surface area contributed by atoms with E-state index in [1.54, 1.807) is 20.8 Å². The molecule has 0 bridgehead atoms. The van der Waals surface area contributed by atoms with E-state index in [4.69, 9.17) is 16.3 Å². The lowest BCUT2D eigenvalue weighted by molar-refractivity contribution is -0.161. The van der Waals surface area contributed by atoms with Gasteiger partial charge in [-0.25, -0.2) is 0 Å². The normalized spacial score (nSPS) is 13.6. The summed E-state index contributed by atoms with van der Waals surface area (Å²) < 4.78 is 4.89. The van der Waals surface area contributed by atoms with Gasteiger partial charge in [-0.3, -0.25) is 9.59 Å². The van der Waals surface area contributed by atoms with E-state index in [1.165, 1.54) is 6.92 Å². The first-order valence-electron chi connectivity index (χ1n) is 4.08. The molecule has 0 fully saturated rings. The molecular formula is C9H15ClO3. The number of ether oxygens (including phenoxy) is 1. The quantitative estimate of drug-likeness (QED) is 0.522. The van der Waals surface area contributed by atoms with E-state index in [1.807, 2.05) is 0 Å². The average molecular weight is 207 g/mol. The largest absolute Gasteiger partial charge is 0.454 e. The third kappa shape index (κ3) is 4.27. The van der Waals surface area contributed by atoms with Crippen molar-refractivity contribution in [2.75, 3.05) is 5.88 Å². The van der Waals surface area contributed by atoms with Crippen LogP contribution >= 0.6 is 11.6 Å². The molecule has 0 aliphatic carbocycles. The van der Waals surface area contributed by atoms with Gasteiger partial charge in [-0.05, 0) is 27.7 Å². The molecule has 0 amide bonds. The monoisotopic (exact) mass is 206 g/mol. The van der Waals surface area contributed by atoms with Crippen LogP contribution in [0.3, 0.4) is 0 Å². The molecule has 0 saturated carbocycles. The van der Waals surface area contributed by atoms with Crippen LogP contribution in [0, 0.1) is 5.41 Å². The van der Waals surface area contributed by atoms with Crippen LogP contribution < -0.4 is 0 Å². The van der Waals surface area contributed by atoms with Gasteiger partial charge >= 0.3 is 5.97 Å². The van der Waals surface area contributed by atoms with Gasteiger partial charge in [0.25, 0.3) is 0 Å². The summed E-state index contributed by atoms with van der Waals surface area (Å²) in [6.07, 6.45) is -0.746. The molecule has 13 heavy (non-hydrogen) atoms. The maximum atomic E-state index is 11.3. The van der Waals surface area contributed by atoms with Gasteiger partial charge in [0.15, 0.2) is 11.9 Å². The van der Waals surface area contributed by atoms with Crippen LogP contribution in [0.25, 0.3) is 0 Å². The molecular weight excluding hydrogens is 192 g/mol. The van der Waals surface area contributed by atoms with Crippen molar-refractivity contribution in [3.63, 3.8) is 0 Å². The molecule has 76 valence electrons. The summed E-state index contributed by atoms with van der Waals surface area (Å²) in [6.45, 7) is 6.71. The number of carbonyl (C=O) groups excluding carboxylic acids is 2. The summed E-state index contributed by atoms with van der Waals surface area (Å²) in [5, 5.41) is 0. The van der Waals surface area contributed by atoms with Gasteiger partial charge in [-0.1, -0.05) is 0 Å². The fraction of sp³-hybridized carbons (Fsp3) is 0.778. The number of alkyl halides is 1. The first kappa shape index (κ1) is 12.4. The summed E-state index contributed by atoms with van der Waals surface area (Å²) in [7, 11) is 0. The van der Waals surface area contributed by atoms with Crippen LogP contribution in [0.15, 0.2) is 0 Å². The number of ketones is 1. The summed E-state index contributed by atoms with van der Waals surface area (Å²) in [4.78, 5) is 22.2. The van der Waals surface area contributed by atoms with Gasteiger partial charge in [-0.2, -0.15) is 0 Å². The van der Waals surface area contributed by atoms with E-state index in [-0.39, 0.29) is 11.7 Å². The molecule has 3 nitrogen and oxygen atoms in total. The van der Waals surface area contributed by atoms with E-state index in [2.05, 4.69) is 0 Å². The lowest BCUT2D eigenvalue weighted by atomic mass is 9.97. The predicted octanol–water partition coefficient (Wildman–Crippen LogP) is 1.77. The zero-order valence-corrected chi connectivity index (χ0v) is 9.14. The van der Waals surface area contributed by atoms with Gasteiger partial charge in [0.05, 0.1) is 11.3 Å². The second-order valence-electron chi connectivity index (χ2n) is 3.90. The Morgan fingerprint density at radius 1 is 1.38 bits per heavy atom. The number of Topliss-reactive ketones (excluding diaryl/α,β-unsaturated/α-hetero) is 1. The molecule has 4 heteroatoms. The molecule has 0 aromatic carbocycles. The number of hydrogen-bond acceptors (Lipinski definition) is 3. The van der Waals surface area contributed by atoms with Gasteiger partial charge in [0, 0.05) is 0 Å². The van der Waals surface area contributed by atoms with E-state index >= 15 is 0 Å². The van der Waals surface area contributed by atoms with E-state index < -0.39 is 17.5 Å². The highest BCUT2D eigenvalue weighted by Crippen LogP contribution is 2.16. The second kappa shape index (κ2) is 4.61. The van der Waals surface area contributed by atoms with Gasteiger partial charge in [-0.15, -0.1) is 11.6 Å². The number of hydrogen-bond donors (Lipinski definition) is 0. The Bertz CT molecular complexity index is 205. The Balaban J connectivity index is 4.15. The molecule has 0 spiro atoms. The van der Waals surface area contributed by atoms with Crippen molar-refractivity contribution in [2.24, 2.45) is 5.41 Å². The zero-order valence-electron chi connectivity index (χ0n) is 8.39. The minimum Gasteiger partial charge on any atom is -0.454 e. The zero-order chi connectivity index (χ0) is 10.6. The van der Waals surface area contributed by atoms with Crippen LogP contribution in [0.4, 0.5) is 0 Å². The fourth-order valence-corrected chi connectivity index (χ4v) is 0.729. The lowest BCUT2D eigenvalue weighted by Crippen LogP contribution is -2.31. The van der Waals surface area contributed by atoms with E-state index in [9.17, 15) is 9.59 Å². The summed E-state index contributed by atoms with van der Waals surface area (Å²) in [5.41, 5.74) is -0.582. The predicted molar refractivity (Wildman–Crippen MR) is 50.7 cm³/mol. The number of esters is 1. The van der Waals surface area contributed by atoms with Crippen molar-refractivity contribution in [1.29, 1.82) is 0 Å². The summed E-state index contributed by atoms with van der Waals surface area (Å²) in [5.74, 6) is -0.795. The second-order valence-corrected chi connectivity index (χ2v) is 4.16. The number of halogens is 1. The van der Waals surface area contributed by atoms with E-state index in [0.717, 1.165) is 0 Å². The first-order valence-corrected chi connectivity index (χ1v) is 4.62. The Kier molecular flexibility index (Phi) is 4.40. The van der Waals surface area contributed by atoms with E-state index in [0.29, 0.717) is 0 Å². The van der Waals surface area contributed by atoms with Gasteiger partial charge < -0.3 is 4.74 Å². The Morgan fingerprint density at radius 2 is 1.85 bits per heavy atom. The van der Waals surface area contributed by atoms with Gasteiger partial charge in [0.2, 0.25) is 0 Å². The van der Waals surface area contributed by atoms with Crippen LogP contribution in [0.5, 0.6) is 0 Å². The minimum atomic E-state index is -0.746. The Labute approximate surface area is 83.4 Å². The molecule has 0 aromatic heterocycles. The molecule has 1 atom stereocenters. The van der Waals surface area contributed by atoms with Crippen LogP contribution in [-0.2, 0) is 14.3 Å². The molecule has 0 N–H and O–H groups in total. The van der Waals surface area contributed by atoms with Crippen LogP contribution in [-0.4, -0.2) is 23.7 Å². The number of carbonyl (C=O) groups is 2. The highest BCUT2D eigenvalue weighted by molar-refractivity contribution is 6.28.